The van der Waals surface area contributed by atoms with E-state index < -0.39 is 48.0 Å². The van der Waals surface area contributed by atoms with Gasteiger partial charge in [0.2, 0.25) is 11.8 Å². The molecule has 15 nitrogen and oxygen atoms in total. The van der Waals surface area contributed by atoms with Gasteiger partial charge in [0.25, 0.3) is 11.8 Å². The molecule has 0 saturated heterocycles. The van der Waals surface area contributed by atoms with E-state index >= 15 is 0 Å². The smallest absolute Gasteiger partial charge is 0.336 e. The molecule has 45 heavy (non-hydrogen) atoms. The quantitative estimate of drug-likeness (QED) is 0.0313. The van der Waals surface area contributed by atoms with E-state index in [-0.39, 0.29) is 39.0 Å². The van der Waals surface area contributed by atoms with E-state index in [2.05, 4.69) is 17.6 Å². The summed E-state index contributed by atoms with van der Waals surface area (Å²) in [5, 5.41) is 55.5. The van der Waals surface area contributed by atoms with Crippen molar-refractivity contribution in [2.24, 2.45) is 0 Å². The Bertz CT molecular complexity index is 959. The van der Waals surface area contributed by atoms with Crippen LogP contribution in [0, 0.1) is 0 Å². The van der Waals surface area contributed by atoms with Crippen LogP contribution < -0.4 is 10.6 Å². The number of nitrogens with one attached hydrogen (secondary N) is 2. The predicted molar refractivity (Wildman–Crippen MR) is 164 cm³/mol. The summed E-state index contributed by atoms with van der Waals surface area (Å²) in [7, 11) is 1.59. The molecule has 0 saturated carbocycles. The van der Waals surface area contributed by atoms with Crippen molar-refractivity contribution in [2.45, 2.75) is 96.0 Å². The summed E-state index contributed by atoms with van der Waals surface area (Å²) >= 11 is 0. The lowest BCUT2D eigenvalue weighted by Gasteiger charge is -2.22. The number of hydroxylamine groups is 6. The Morgan fingerprint density at radius 3 is 1.53 bits per heavy atom. The number of nitrogens with zero attached hydrogens (tertiary/aromatic N) is 3. The van der Waals surface area contributed by atoms with Crippen LogP contribution in [0.2, 0.25) is 0 Å². The lowest BCUT2D eigenvalue weighted by Crippen LogP contribution is -2.47. The van der Waals surface area contributed by atoms with E-state index in [1.807, 2.05) is 0 Å². The number of carboxylic acids is 1. The van der Waals surface area contributed by atoms with E-state index in [0.29, 0.717) is 23.1 Å². The molecule has 0 rings (SSSR count). The zero-order valence-corrected chi connectivity index (χ0v) is 26.7. The van der Waals surface area contributed by atoms with Crippen molar-refractivity contribution < 1.29 is 49.8 Å². The molecule has 1 atom stereocenters. The summed E-state index contributed by atoms with van der Waals surface area (Å²) in [5.41, 5.74) is -2.67. The zero-order valence-electron chi connectivity index (χ0n) is 26.7. The molecule has 4 amide bonds. The second-order valence-electron chi connectivity index (χ2n) is 10.9. The number of rotatable bonds is 26. The number of aliphatic carboxylic acids is 1. The van der Waals surface area contributed by atoms with Gasteiger partial charge in [-0.25, -0.2) is 14.9 Å². The molecular formula is C30H53N5O10. The third kappa shape index (κ3) is 21.9. The molecule has 7 N–H and O–H groups in total. The van der Waals surface area contributed by atoms with E-state index in [4.69, 9.17) is 5.21 Å². The van der Waals surface area contributed by atoms with Gasteiger partial charge in [0.05, 0.1) is 25.9 Å². The number of hydrogen-bond acceptors (Lipinski definition) is 10. The summed E-state index contributed by atoms with van der Waals surface area (Å²) in [5.74, 6) is -4.66. The fraction of sp³-hybridized carbons (Fsp3) is 0.700. The van der Waals surface area contributed by atoms with Crippen LogP contribution >= 0.6 is 0 Å². The monoisotopic (exact) mass is 643 g/mol. The van der Waals surface area contributed by atoms with E-state index in [0.717, 1.165) is 56.4 Å². The maximum absolute atomic E-state index is 12.2. The molecule has 0 aromatic rings. The maximum Gasteiger partial charge on any atom is 0.336 e. The minimum atomic E-state index is -2.67. The Labute approximate surface area is 265 Å². The number of carboxylic acid groups (broad SMARTS) is 1. The van der Waals surface area contributed by atoms with Crippen LogP contribution in [-0.2, 0) is 24.0 Å². The minimum absolute atomic E-state index is 0.0136. The molecule has 0 heterocycles. The van der Waals surface area contributed by atoms with Crippen LogP contribution in [-0.4, -0.2) is 116 Å². The fourth-order valence-corrected chi connectivity index (χ4v) is 4.01. The molecule has 258 valence electrons. The van der Waals surface area contributed by atoms with E-state index in [1.165, 1.54) is 12.2 Å². The number of unbranched alkanes of at least 4 members (excludes halogenated alkanes) is 7. The second kappa shape index (κ2) is 24.9. The van der Waals surface area contributed by atoms with Gasteiger partial charge in [0, 0.05) is 38.8 Å². The largest absolute Gasteiger partial charge is 0.479 e. The molecular weight excluding hydrogens is 590 g/mol. The van der Waals surface area contributed by atoms with Crippen LogP contribution in [0.4, 0.5) is 0 Å². The highest BCUT2D eigenvalue weighted by Crippen LogP contribution is 2.16. The van der Waals surface area contributed by atoms with Crippen molar-refractivity contribution >= 4 is 29.6 Å². The van der Waals surface area contributed by atoms with Gasteiger partial charge >= 0.3 is 5.97 Å². The number of allylic oxidation sites excluding steroid dienone is 2. The number of carbonyl (C=O) groups excluding carboxylic acids is 4. The third-order valence-electron chi connectivity index (χ3n) is 6.65. The summed E-state index contributed by atoms with van der Waals surface area (Å²) in [6, 6.07) is 0. The second-order valence-corrected chi connectivity index (χ2v) is 10.9. The molecule has 0 fully saturated rings. The number of carbonyl (C=O) groups is 5. The maximum atomic E-state index is 12.2. The van der Waals surface area contributed by atoms with Crippen molar-refractivity contribution in [3.05, 3.63) is 24.3 Å². The van der Waals surface area contributed by atoms with Crippen molar-refractivity contribution in [1.29, 1.82) is 0 Å². The Morgan fingerprint density at radius 1 is 0.667 bits per heavy atom. The summed E-state index contributed by atoms with van der Waals surface area (Å²) < 4.78 is 0. The van der Waals surface area contributed by atoms with Gasteiger partial charge in [-0.3, -0.25) is 29.6 Å². The number of amides is 4. The van der Waals surface area contributed by atoms with E-state index in [9.17, 15) is 44.6 Å². The van der Waals surface area contributed by atoms with Gasteiger partial charge in [-0.2, -0.15) is 5.06 Å². The molecule has 0 aromatic heterocycles. The van der Waals surface area contributed by atoms with Crippen molar-refractivity contribution in [3.63, 3.8) is 0 Å². The molecule has 15 heteroatoms. The number of hydrogen-bond donors (Lipinski definition) is 7. The molecule has 1 unspecified atom stereocenters. The first-order chi connectivity index (χ1) is 21.3. The SMILES string of the molecule is CCCCC/C=C/C(=O)N(O)CCCNC(=O)CC(O)(CC(=O)NCCCN(O)C(=O)/C=C/CCCCCCN(C)O)C(=O)O. The van der Waals surface area contributed by atoms with Gasteiger partial charge in [-0.15, -0.1) is 0 Å². The summed E-state index contributed by atoms with van der Waals surface area (Å²) in [4.78, 5) is 59.9. The van der Waals surface area contributed by atoms with Crippen molar-refractivity contribution in [1.82, 2.24) is 25.8 Å². The average molecular weight is 644 g/mol. The first kappa shape index (κ1) is 41.6. The normalized spacial score (nSPS) is 12.8. The Kier molecular flexibility index (Phi) is 23.0. The fourth-order valence-electron chi connectivity index (χ4n) is 4.01. The van der Waals surface area contributed by atoms with Crippen LogP contribution in [0.15, 0.2) is 24.3 Å². The van der Waals surface area contributed by atoms with Crippen LogP contribution in [0.1, 0.15) is 90.4 Å². The summed E-state index contributed by atoms with van der Waals surface area (Å²) in [6.07, 6.45) is 12.4. The zero-order chi connectivity index (χ0) is 34.1. The van der Waals surface area contributed by atoms with Gasteiger partial charge in [-0.05, 0) is 44.9 Å². The Morgan fingerprint density at radius 2 is 1.11 bits per heavy atom. The molecule has 0 bridgehead atoms. The first-order valence-corrected chi connectivity index (χ1v) is 15.5. The highest BCUT2D eigenvalue weighted by atomic mass is 16.5. The lowest BCUT2D eigenvalue weighted by atomic mass is 9.94. The van der Waals surface area contributed by atoms with Crippen LogP contribution in [0.5, 0.6) is 0 Å². The molecule has 0 spiro atoms. The molecule has 0 radical (unpaired) electrons. The first-order valence-electron chi connectivity index (χ1n) is 15.5. The van der Waals surface area contributed by atoms with Crippen LogP contribution in [0.25, 0.3) is 0 Å². The Hall–Kier alpha value is -3.37. The molecule has 0 aliphatic heterocycles. The van der Waals surface area contributed by atoms with Gasteiger partial charge in [0.15, 0.2) is 5.60 Å². The number of aliphatic hydroxyl groups is 1. The highest BCUT2D eigenvalue weighted by molar-refractivity contribution is 5.91. The van der Waals surface area contributed by atoms with Crippen LogP contribution in [0.3, 0.4) is 0 Å². The standard InChI is InChI=1S/C30H53N5O10/c1-3-4-5-8-11-16-27(38)34(44)21-14-18-31-25(36)23-30(42,29(40)41)24-26(37)32-19-15-22-35(45)28(39)17-12-9-6-7-10-13-20-33(2)43/h11-12,16-17,42-45H,3-10,13-15,18-24H2,1-2H3,(H,31,36)(H,32,37)(H,40,41)/b16-11+,17-12+. The topological polar surface area (TPSA) is 220 Å². The van der Waals surface area contributed by atoms with E-state index in [1.54, 1.807) is 19.2 Å². The average Bonchev–Trinajstić information content (AvgIpc) is 2.97. The third-order valence-corrected chi connectivity index (χ3v) is 6.65. The van der Waals surface area contributed by atoms with Crippen molar-refractivity contribution in [2.75, 3.05) is 39.8 Å². The van der Waals surface area contributed by atoms with Gasteiger partial charge in [0.1, 0.15) is 0 Å². The highest BCUT2D eigenvalue weighted by Gasteiger charge is 2.40. The minimum Gasteiger partial charge on any atom is -0.479 e. The van der Waals surface area contributed by atoms with Crippen molar-refractivity contribution in [3.8, 4) is 0 Å². The van der Waals surface area contributed by atoms with Gasteiger partial charge < -0.3 is 26.1 Å². The van der Waals surface area contributed by atoms with Gasteiger partial charge in [-0.1, -0.05) is 44.8 Å². The Balaban J connectivity index is 4.32. The summed E-state index contributed by atoms with van der Waals surface area (Å²) in [6.45, 7) is 2.44. The molecule has 0 aliphatic carbocycles. The molecule has 0 aliphatic rings. The predicted octanol–water partition coefficient (Wildman–Crippen LogP) is 1.99. The molecule has 0 aromatic carbocycles. The lowest BCUT2D eigenvalue weighted by molar-refractivity contribution is -0.164.